The maximum atomic E-state index is 12.9. The second-order valence-electron chi connectivity index (χ2n) is 10.8. The van der Waals surface area contributed by atoms with Crippen LogP contribution in [0.3, 0.4) is 0 Å². The maximum absolute atomic E-state index is 12.9. The molecule has 3 aliphatic rings. The lowest BCUT2D eigenvalue weighted by atomic mass is 9.84. The summed E-state index contributed by atoms with van der Waals surface area (Å²) in [5.74, 6) is -1.33. The van der Waals surface area contributed by atoms with Crippen molar-refractivity contribution in [1.82, 2.24) is 25.7 Å². The lowest BCUT2D eigenvalue weighted by molar-refractivity contribution is -0.136. The predicted molar refractivity (Wildman–Crippen MR) is 140 cm³/mol. The number of hydrogen-bond acceptors (Lipinski definition) is 7. The number of benzene rings is 1. The number of carbonyl (C=O) groups excluding carboxylic acids is 4. The minimum atomic E-state index is -0.658. The number of piperidine rings is 1. The molecular weight excluding hydrogens is 484 g/mol. The van der Waals surface area contributed by atoms with Gasteiger partial charge in [-0.25, -0.2) is 0 Å². The van der Waals surface area contributed by atoms with Crippen LogP contribution in [0.15, 0.2) is 41.4 Å². The molecule has 1 unspecified atom stereocenters. The third-order valence-corrected chi connectivity index (χ3v) is 7.11. The van der Waals surface area contributed by atoms with Gasteiger partial charge in [0, 0.05) is 42.6 Å². The fraction of sp³-hybridized carbons (Fsp3) is 0.393. The normalized spacial score (nSPS) is 19.5. The molecule has 10 nitrogen and oxygen atoms in total. The zero-order valence-electron chi connectivity index (χ0n) is 21.7. The first-order chi connectivity index (χ1) is 18.1. The summed E-state index contributed by atoms with van der Waals surface area (Å²) >= 11 is 0. The Labute approximate surface area is 220 Å². The smallest absolute Gasteiger partial charge is 0.272 e. The van der Waals surface area contributed by atoms with E-state index in [-0.39, 0.29) is 48.3 Å². The zero-order chi connectivity index (χ0) is 27.0. The quantitative estimate of drug-likeness (QED) is 0.589. The molecule has 2 aromatic rings. The third-order valence-electron chi connectivity index (χ3n) is 7.11. The number of aromatic nitrogens is 2. The number of aliphatic imine (C=N–C) groups is 1. The molecule has 0 spiro atoms. The van der Waals surface area contributed by atoms with Crippen LogP contribution in [0, 0.1) is 5.41 Å². The molecule has 0 radical (unpaired) electrons. The minimum Gasteiger partial charge on any atom is -0.347 e. The van der Waals surface area contributed by atoms with Crippen molar-refractivity contribution in [2.75, 3.05) is 6.54 Å². The maximum Gasteiger partial charge on any atom is 0.272 e. The molecule has 1 fully saturated rings. The monoisotopic (exact) mass is 514 g/mol. The summed E-state index contributed by atoms with van der Waals surface area (Å²) in [5, 5.41) is 13.6. The topological polar surface area (TPSA) is 134 Å². The second kappa shape index (κ2) is 9.92. The molecule has 1 aromatic heterocycles. The van der Waals surface area contributed by atoms with Crippen molar-refractivity contribution in [2.24, 2.45) is 10.4 Å². The molecule has 10 heteroatoms. The fourth-order valence-corrected chi connectivity index (χ4v) is 4.91. The average Bonchev–Trinajstić information content (AvgIpc) is 3.22. The molecule has 0 aliphatic carbocycles. The second-order valence-corrected chi connectivity index (χ2v) is 10.8. The van der Waals surface area contributed by atoms with Gasteiger partial charge in [0.25, 0.3) is 11.8 Å². The van der Waals surface area contributed by atoms with E-state index in [2.05, 4.69) is 46.6 Å². The summed E-state index contributed by atoms with van der Waals surface area (Å²) in [7, 11) is 0. The van der Waals surface area contributed by atoms with Crippen molar-refractivity contribution in [2.45, 2.75) is 59.2 Å². The summed E-state index contributed by atoms with van der Waals surface area (Å²) in [4.78, 5) is 55.4. The van der Waals surface area contributed by atoms with E-state index in [1.54, 1.807) is 18.2 Å². The number of carbonyl (C=O) groups is 4. The molecule has 196 valence electrons. The van der Waals surface area contributed by atoms with E-state index in [9.17, 15) is 19.2 Å². The van der Waals surface area contributed by atoms with Crippen molar-refractivity contribution in [3.63, 3.8) is 0 Å². The van der Waals surface area contributed by atoms with Crippen molar-refractivity contribution in [3.05, 3.63) is 64.5 Å². The summed E-state index contributed by atoms with van der Waals surface area (Å²) in [6.07, 6.45) is 3.28. The molecule has 2 N–H and O–H groups in total. The van der Waals surface area contributed by atoms with Gasteiger partial charge in [0.1, 0.15) is 6.04 Å². The Balaban J connectivity index is 1.19. The minimum absolute atomic E-state index is 0.0131. The van der Waals surface area contributed by atoms with E-state index in [1.165, 1.54) is 4.90 Å². The lowest BCUT2D eigenvalue weighted by Gasteiger charge is -2.29. The van der Waals surface area contributed by atoms with E-state index in [0.717, 1.165) is 28.1 Å². The average molecular weight is 515 g/mol. The van der Waals surface area contributed by atoms with Crippen LogP contribution in [0.4, 0.5) is 0 Å². The Bertz CT molecular complexity index is 1390. The largest absolute Gasteiger partial charge is 0.347 e. The number of imide groups is 1. The summed E-state index contributed by atoms with van der Waals surface area (Å²) in [5.41, 5.74) is 5.26. The van der Waals surface area contributed by atoms with Crippen LogP contribution in [0.25, 0.3) is 5.57 Å². The number of hydrogen-bond donors (Lipinski definition) is 2. The van der Waals surface area contributed by atoms with Gasteiger partial charge >= 0.3 is 0 Å². The van der Waals surface area contributed by atoms with Gasteiger partial charge in [-0.3, -0.25) is 29.5 Å². The molecule has 4 heterocycles. The standard InChI is InChI=1S/C28H30N6O4/c1-28(2,3)23-13-17(10-11-29-23)20-6-7-21(33-32-20)25(36)30-14-16-4-5-19-18(12-16)15-34(27(19)38)22-8-9-24(35)31-26(22)37/h4-7,10,12,22H,8-9,11,13-15H2,1-3H3,(H,30,36)(H,31,35,37). The van der Waals surface area contributed by atoms with E-state index in [1.807, 2.05) is 18.2 Å². The van der Waals surface area contributed by atoms with E-state index >= 15 is 0 Å². The summed E-state index contributed by atoms with van der Waals surface area (Å²) < 4.78 is 0. The number of rotatable bonds is 5. The number of allylic oxidation sites excluding steroid dienone is 1. The van der Waals surface area contributed by atoms with Crippen LogP contribution in [-0.4, -0.2) is 57.0 Å². The molecule has 5 rings (SSSR count). The van der Waals surface area contributed by atoms with Gasteiger partial charge in [0.2, 0.25) is 11.8 Å². The van der Waals surface area contributed by atoms with Crippen LogP contribution < -0.4 is 10.6 Å². The zero-order valence-corrected chi connectivity index (χ0v) is 21.7. The Kier molecular flexibility index (Phi) is 6.64. The molecule has 4 amide bonds. The first kappa shape index (κ1) is 25.4. The first-order valence-corrected chi connectivity index (χ1v) is 12.7. The third kappa shape index (κ3) is 5.11. The van der Waals surface area contributed by atoms with Gasteiger partial charge in [-0.2, -0.15) is 5.10 Å². The van der Waals surface area contributed by atoms with Crippen molar-refractivity contribution in [1.29, 1.82) is 0 Å². The number of nitrogens with zero attached hydrogens (tertiary/aromatic N) is 4. The predicted octanol–water partition coefficient (Wildman–Crippen LogP) is 2.44. The van der Waals surface area contributed by atoms with Crippen LogP contribution in [0.1, 0.15) is 77.7 Å². The highest BCUT2D eigenvalue weighted by molar-refractivity contribution is 6.05. The van der Waals surface area contributed by atoms with Crippen molar-refractivity contribution >= 4 is 34.9 Å². The van der Waals surface area contributed by atoms with Gasteiger partial charge in [0.05, 0.1) is 12.2 Å². The molecule has 1 saturated heterocycles. The van der Waals surface area contributed by atoms with Gasteiger partial charge in [-0.15, -0.1) is 5.10 Å². The number of dihydropyridines is 1. The van der Waals surface area contributed by atoms with Gasteiger partial charge < -0.3 is 10.2 Å². The Hall–Kier alpha value is -4.21. The summed E-state index contributed by atoms with van der Waals surface area (Å²) in [6, 6.07) is 8.17. The Morgan fingerprint density at radius 1 is 1.13 bits per heavy atom. The Morgan fingerprint density at radius 3 is 2.66 bits per heavy atom. The molecule has 38 heavy (non-hydrogen) atoms. The highest BCUT2D eigenvalue weighted by atomic mass is 16.2. The Morgan fingerprint density at radius 2 is 1.95 bits per heavy atom. The van der Waals surface area contributed by atoms with Crippen LogP contribution in [0.2, 0.25) is 0 Å². The van der Waals surface area contributed by atoms with Crippen LogP contribution in [-0.2, 0) is 22.7 Å². The van der Waals surface area contributed by atoms with Crippen LogP contribution >= 0.6 is 0 Å². The molecule has 1 aromatic carbocycles. The van der Waals surface area contributed by atoms with Crippen LogP contribution in [0.5, 0.6) is 0 Å². The number of fused-ring (bicyclic) bond motifs is 1. The fourth-order valence-electron chi connectivity index (χ4n) is 4.91. The molecule has 1 atom stereocenters. The highest BCUT2D eigenvalue weighted by Crippen LogP contribution is 2.29. The molecule has 0 saturated carbocycles. The van der Waals surface area contributed by atoms with Gasteiger partial charge in [-0.1, -0.05) is 39.0 Å². The van der Waals surface area contributed by atoms with Gasteiger partial charge in [0.15, 0.2) is 5.69 Å². The van der Waals surface area contributed by atoms with Gasteiger partial charge in [-0.05, 0) is 41.3 Å². The SMILES string of the molecule is CC(C)(C)C1=NCC=C(c2ccc(C(=O)NCc3ccc4c(c3)CN(C3CCC(=O)NC3=O)C4=O)nn2)C1. The first-order valence-electron chi connectivity index (χ1n) is 12.7. The summed E-state index contributed by atoms with van der Waals surface area (Å²) in [6.45, 7) is 7.57. The highest BCUT2D eigenvalue weighted by Gasteiger charge is 2.39. The van der Waals surface area contributed by atoms with Crippen molar-refractivity contribution < 1.29 is 19.2 Å². The molecule has 3 aliphatic heterocycles. The lowest BCUT2D eigenvalue weighted by Crippen LogP contribution is -2.52. The van der Waals surface area contributed by atoms with E-state index in [0.29, 0.717) is 24.9 Å². The molecular formula is C28H30N6O4. The van der Waals surface area contributed by atoms with E-state index in [4.69, 9.17) is 0 Å². The van der Waals surface area contributed by atoms with Crippen molar-refractivity contribution in [3.8, 4) is 0 Å². The number of amides is 4. The molecule has 0 bridgehead atoms. The van der Waals surface area contributed by atoms with E-state index < -0.39 is 11.9 Å². The number of nitrogens with one attached hydrogen (secondary N) is 2.